The number of nitrogens with one attached hydrogen (secondary N) is 2. The maximum absolute atomic E-state index is 12.1. The number of aromatic nitrogens is 1. The molecule has 0 spiro atoms. The van der Waals surface area contributed by atoms with Gasteiger partial charge in [-0.2, -0.15) is 11.3 Å². The average Bonchev–Trinajstić information content (AvgIpc) is 3.26. The third-order valence-corrected chi connectivity index (χ3v) is 4.08. The third-order valence-electron chi connectivity index (χ3n) is 3.38. The first-order valence-corrected chi connectivity index (χ1v) is 8.40. The molecule has 25 heavy (non-hydrogen) atoms. The summed E-state index contributed by atoms with van der Waals surface area (Å²) < 4.78 is 4.87. The molecule has 6 nitrogen and oxygen atoms in total. The number of benzene rings is 1. The van der Waals surface area contributed by atoms with Crippen molar-refractivity contribution in [2.24, 2.45) is 0 Å². The van der Waals surface area contributed by atoms with Gasteiger partial charge in [0.1, 0.15) is 11.3 Å². The van der Waals surface area contributed by atoms with Crippen LogP contribution in [0.1, 0.15) is 21.7 Å². The lowest BCUT2D eigenvalue weighted by atomic mass is 10.2. The summed E-state index contributed by atoms with van der Waals surface area (Å²) in [6.07, 6.45) is 4.60. The Hall–Kier alpha value is -3.19. The van der Waals surface area contributed by atoms with E-state index in [0.717, 1.165) is 5.56 Å². The highest BCUT2D eigenvalue weighted by Gasteiger charge is 2.12. The number of carbonyl (C=O) groups excluding carboxylic acids is 2. The Morgan fingerprint density at radius 3 is 2.44 bits per heavy atom. The number of thiophene rings is 1. The molecule has 0 radical (unpaired) electrons. The summed E-state index contributed by atoms with van der Waals surface area (Å²) in [4.78, 5) is 23.9. The summed E-state index contributed by atoms with van der Waals surface area (Å²) in [7, 11) is 0. The van der Waals surface area contributed by atoms with Crippen LogP contribution in [-0.2, 0) is 4.79 Å². The largest absolute Gasteiger partial charge is 0.361 e. The van der Waals surface area contributed by atoms with Crippen LogP contribution in [0.25, 0.3) is 6.08 Å². The quantitative estimate of drug-likeness (QED) is 0.680. The van der Waals surface area contributed by atoms with Crippen molar-refractivity contribution in [1.82, 2.24) is 5.16 Å². The highest BCUT2D eigenvalue weighted by molar-refractivity contribution is 7.08. The zero-order valence-corrected chi connectivity index (χ0v) is 14.2. The van der Waals surface area contributed by atoms with Crippen LogP contribution in [0.4, 0.5) is 11.4 Å². The Balaban J connectivity index is 1.57. The van der Waals surface area contributed by atoms with Crippen LogP contribution in [0.3, 0.4) is 0 Å². The van der Waals surface area contributed by atoms with Gasteiger partial charge in [0, 0.05) is 17.5 Å². The lowest BCUT2D eigenvalue weighted by molar-refractivity contribution is -0.111. The van der Waals surface area contributed by atoms with E-state index in [1.54, 1.807) is 48.6 Å². The van der Waals surface area contributed by atoms with Crippen molar-refractivity contribution < 1.29 is 14.1 Å². The predicted molar refractivity (Wildman–Crippen MR) is 97.6 cm³/mol. The zero-order valence-electron chi connectivity index (χ0n) is 13.4. The first-order chi connectivity index (χ1) is 12.1. The summed E-state index contributed by atoms with van der Waals surface area (Å²) in [6.45, 7) is 1.67. The predicted octanol–water partition coefficient (Wildman–Crippen LogP) is 3.95. The Morgan fingerprint density at radius 2 is 1.84 bits per heavy atom. The molecule has 2 aromatic heterocycles. The van der Waals surface area contributed by atoms with E-state index in [1.165, 1.54) is 12.3 Å². The molecule has 7 heteroatoms. The topological polar surface area (TPSA) is 84.2 Å². The van der Waals surface area contributed by atoms with E-state index < -0.39 is 0 Å². The normalized spacial score (nSPS) is 10.8. The first-order valence-electron chi connectivity index (χ1n) is 7.46. The molecular weight excluding hydrogens is 338 g/mol. The number of amides is 2. The van der Waals surface area contributed by atoms with E-state index in [-0.39, 0.29) is 11.8 Å². The van der Waals surface area contributed by atoms with Crippen LogP contribution in [0, 0.1) is 6.92 Å². The maximum atomic E-state index is 12.1. The van der Waals surface area contributed by atoms with Gasteiger partial charge in [-0.05, 0) is 59.7 Å². The Kier molecular flexibility index (Phi) is 5.06. The fourth-order valence-corrected chi connectivity index (χ4v) is 2.71. The summed E-state index contributed by atoms with van der Waals surface area (Å²) in [5, 5.41) is 13.0. The summed E-state index contributed by atoms with van der Waals surface area (Å²) in [6, 6.07) is 8.78. The van der Waals surface area contributed by atoms with Gasteiger partial charge in [0.2, 0.25) is 5.91 Å². The van der Waals surface area contributed by atoms with Gasteiger partial charge in [0.15, 0.2) is 0 Å². The molecule has 0 atom stereocenters. The highest BCUT2D eigenvalue weighted by Crippen LogP contribution is 2.16. The lowest BCUT2D eigenvalue weighted by Gasteiger charge is -2.06. The minimum absolute atomic E-state index is 0.219. The summed E-state index contributed by atoms with van der Waals surface area (Å²) in [5.41, 5.74) is 2.62. The second-order valence-corrected chi connectivity index (χ2v) is 5.99. The number of nitrogens with zero attached hydrogens (tertiary/aromatic N) is 1. The monoisotopic (exact) mass is 353 g/mol. The van der Waals surface area contributed by atoms with Crippen LogP contribution in [0.5, 0.6) is 0 Å². The van der Waals surface area contributed by atoms with Gasteiger partial charge in [-0.3, -0.25) is 9.59 Å². The fourth-order valence-electron chi connectivity index (χ4n) is 2.08. The molecule has 1 aromatic carbocycles. The van der Waals surface area contributed by atoms with Crippen molar-refractivity contribution in [1.29, 1.82) is 0 Å². The molecule has 3 aromatic rings. The van der Waals surface area contributed by atoms with Crippen molar-refractivity contribution in [3.8, 4) is 0 Å². The number of aryl methyl sites for hydroxylation is 1. The molecule has 0 saturated carbocycles. The Morgan fingerprint density at radius 1 is 1.12 bits per heavy atom. The second-order valence-electron chi connectivity index (χ2n) is 5.21. The van der Waals surface area contributed by atoms with E-state index in [0.29, 0.717) is 22.7 Å². The third kappa shape index (κ3) is 4.42. The molecule has 2 heterocycles. The minimum atomic E-state index is -0.297. The first kappa shape index (κ1) is 16.7. The van der Waals surface area contributed by atoms with Crippen molar-refractivity contribution >= 4 is 40.6 Å². The van der Waals surface area contributed by atoms with E-state index >= 15 is 0 Å². The Labute approximate surface area is 148 Å². The fraction of sp³-hybridized carbons (Fsp3) is 0.0556. The molecule has 2 amide bonds. The van der Waals surface area contributed by atoms with Crippen LogP contribution >= 0.6 is 11.3 Å². The van der Waals surface area contributed by atoms with Crippen LogP contribution in [0.15, 0.2) is 57.9 Å². The van der Waals surface area contributed by atoms with Crippen molar-refractivity contribution in [3.63, 3.8) is 0 Å². The molecule has 0 aliphatic rings. The molecule has 3 rings (SSSR count). The van der Waals surface area contributed by atoms with E-state index in [2.05, 4.69) is 15.8 Å². The molecule has 126 valence electrons. The van der Waals surface area contributed by atoms with Crippen LogP contribution in [0.2, 0.25) is 0 Å². The second kappa shape index (κ2) is 7.59. The molecular formula is C18H15N3O3S. The van der Waals surface area contributed by atoms with Gasteiger partial charge in [-0.25, -0.2) is 0 Å². The molecule has 0 unspecified atom stereocenters. The van der Waals surface area contributed by atoms with Gasteiger partial charge >= 0.3 is 0 Å². The molecule has 0 saturated heterocycles. The molecule has 0 bridgehead atoms. The van der Waals surface area contributed by atoms with Gasteiger partial charge in [-0.1, -0.05) is 5.16 Å². The van der Waals surface area contributed by atoms with E-state index in [9.17, 15) is 9.59 Å². The maximum Gasteiger partial charge on any atom is 0.260 e. The lowest BCUT2D eigenvalue weighted by Crippen LogP contribution is -2.12. The molecule has 0 aliphatic heterocycles. The minimum Gasteiger partial charge on any atom is -0.361 e. The van der Waals surface area contributed by atoms with E-state index in [4.69, 9.17) is 4.52 Å². The van der Waals surface area contributed by atoms with Crippen LogP contribution in [-0.4, -0.2) is 17.0 Å². The number of hydrogen-bond donors (Lipinski definition) is 2. The van der Waals surface area contributed by atoms with Gasteiger partial charge in [0.05, 0.1) is 6.20 Å². The number of anilines is 2. The van der Waals surface area contributed by atoms with Crippen molar-refractivity contribution in [3.05, 3.63) is 70.3 Å². The van der Waals surface area contributed by atoms with Crippen molar-refractivity contribution in [2.45, 2.75) is 6.92 Å². The van der Waals surface area contributed by atoms with Gasteiger partial charge in [0.25, 0.3) is 5.91 Å². The number of rotatable bonds is 5. The number of carbonyl (C=O) groups is 2. The molecule has 2 N–H and O–H groups in total. The smallest absolute Gasteiger partial charge is 0.260 e. The molecule has 0 fully saturated rings. The van der Waals surface area contributed by atoms with E-state index in [1.807, 2.05) is 16.8 Å². The van der Waals surface area contributed by atoms with Gasteiger partial charge < -0.3 is 15.2 Å². The number of hydrogen-bond acceptors (Lipinski definition) is 5. The summed E-state index contributed by atoms with van der Waals surface area (Å²) in [5.74, 6) is -0.0592. The highest BCUT2D eigenvalue weighted by atomic mass is 32.1. The Bertz CT molecular complexity index is 896. The summed E-state index contributed by atoms with van der Waals surface area (Å²) >= 11 is 1.57. The SMILES string of the molecule is Cc1oncc1C(=O)Nc1ccc(NC(=O)/C=C\c2ccsc2)cc1. The van der Waals surface area contributed by atoms with Crippen molar-refractivity contribution in [2.75, 3.05) is 10.6 Å². The molecule has 0 aliphatic carbocycles. The zero-order chi connectivity index (χ0) is 17.6. The van der Waals surface area contributed by atoms with Crippen LogP contribution < -0.4 is 10.6 Å². The van der Waals surface area contributed by atoms with Gasteiger partial charge in [-0.15, -0.1) is 0 Å². The standard InChI is InChI=1S/C18H15N3O3S/c1-12-16(10-19-24-12)18(23)21-15-5-3-14(4-6-15)20-17(22)7-2-13-8-9-25-11-13/h2-11H,1H3,(H,20,22)(H,21,23)/b7-2-. The average molecular weight is 353 g/mol.